The maximum atomic E-state index is 12.6. The summed E-state index contributed by atoms with van der Waals surface area (Å²) in [6.07, 6.45) is 3.99. The Labute approximate surface area is 138 Å². The van der Waals surface area contributed by atoms with Crippen molar-refractivity contribution >= 4 is 11.6 Å². The molecule has 0 unspecified atom stereocenters. The molecule has 1 amide bonds. The number of carbonyl (C=O) groups excluding carboxylic acids is 1. The number of para-hydroxylation sites is 1. The van der Waals surface area contributed by atoms with Gasteiger partial charge in [-0.15, -0.1) is 0 Å². The SMILES string of the molecule is O=C1c2oc(COc3ccccc3)nc2CCN1c1cccnc1. The van der Waals surface area contributed by atoms with Gasteiger partial charge in [-0.2, -0.15) is 0 Å². The first-order valence-corrected chi connectivity index (χ1v) is 7.69. The number of carbonyl (C=O) groups is 1. The van der Waals surface area contributed by atoms with Gasteiger partial charge in [-0.05, 0) is 24.3 Å². The van der Waals surface area contributed by atoms with E-state index < -0.39 is 0 Å². The number of hydrogen-bond acceptors (Lipinski definition) is 5. The van der Waals surface area contributed by atoms with Crippen molar-refractivity contribution in [1.29, 1.82) is 0 Å². The van der Waals surface area contributed by atoms with E-state index in [0.29, 0.717) is 24.6 Å². The summed E-state index contributed by atoms with van der Waals surface area (Å²) in [5.41, 5.74) is 1.44. The molecule has 24 heavy (non-hydrogen) atoms. The highest BCUT2D eigenvalue weighted by Crippen LogP contribution is 2.25. The van der Waals surface area contributed by atoms with Crippen molar-refractivity contribution in [1.82, 2.24) is 9.97 Å². The molecule has 4 rings (SSSR count). The van der Waals surface area contributed by atoms with E-state index in [4.69, 9.17) is 9.15 Å². The van der Waals surface area contributed by atoms with Crippen LogP contribution in [0.4, 0.5) is 5.69 Å². The van der Waals surface area contributed by atoms with Gasteiger partial charge in [-0.1, -0.05) is 18.2 Å². The topological polar surface area (TPSA) is 68.5 Å². The van der Waals surface area contributed by atoms with Crippen LogP contribution in [0.2, 0.25) is 0 Å². The molecule has 0 saturated carbocycles. The van der Waals surface area contributed by atoms with E-state index >= 15 is 0 Å². The summed E-state index contributed by atoms with van der Waals surface area (Å²) in [6.45, 7) is 0.750. The number of hydrogen-bond donors (Lipinski definition) is 0. The Kier molecular flexibility index (Phi) is 3.70. The van der Waals surface area contributed by atoms with Crippen LogP contribution in [0.25, 0.3) is 0 Å². The van der Waals surface area contributed by atoms with Crippen LogP contribution in [0.15, 0.2) is 59.3 Å². The second-order valence-corrected chi connectivity index (χ2v) is 5.40. The Bertz CT molecular complexity index is 846. The predicted octanol–water partition coefficient (Wildman–Crippen LogP) is 2.85. The summed E-state index contributed by atoms with van der Waals surface area (Å²) >= 11 is 0. The first kappa shape index (κ1) is 14.4. The Morgan fingerprint density at radius 1 is 1.17 bits per heavy atom. The number of benzene rings is 1. The van der Waals surface area contributed by atoms with Gasteiger partial charge in [0.2, 0.25) is 11.7 Å². The molecule has 1 aliphatic heterocycles. The van der Waals surface area contributed by atoms with Crippen molar-refractivity contribution < 1.29 is 13.9 Å². The fourth-order valence-electron chi connectivity index (χ4n) is 2.66. The number of aromatic nitrogens is 2. The molecule has 0 saturated heterocycles. The zero-order valence-electron chi connectivity index (χ0n) is 12.9. The van der Waals surface area contributed by atoms with E-state index in [9.17, 15) is 4.79 Å². The molecule has 0 fully saturated rings. The third-order valence-electron chi connectivity index (χ3n) is 3.82. The van der Waals surface area contributed by atoms with Crippen molar-refractivity contribution in [3.05, 3.63) is 72.2 Å². The summed E-state index contributed by atoms with van der Waals surface area (Å²) in [6, 6.07) is 13.1. The fraction of sp³-hybridized carbons (Fsp3) is 0.167. The molecule has 0 radical (unpaired) electrons. The normalized spacial score (nSPS) is 13.7. The van der Waals surface area contributed by atoms with E-state index in [1.807, 2.05) is 36.4 Å². The van der Waals surface area contributed by atoms with Gasteiger partial charge in [0, 0.05) is 19.2 Å². The van der Waals surface area contributed by atoms with Crippen LogP contribution < -0.4 is 9.64 Å². The largest absolute Gasteiger partial charge is 0.484 e. The molecule has 3 aromatic rings. The molecule has 0 spiro atoms. The van der Waals surface area contributed by atoms with Crippen LogP contribution in [-0.2, 0) is 13.0 Å². The Balaban J connectivity index is 1.52. The summed E-state index contributed by atoms with van der Waals surface area (Å²) in [7, 11) is 0. The number of nitrogens with zero attached hydrogens (tertiary/aromatic N) is 3. The molecule has 1 aromatic carbocycles. The van der Waals surface area contributed by atoms with Crippen LogP contribution in [0.3, 0.4) is 0 Å². The number of pyridine rings is 1. The Hall–Kier alpha value is -3.15. The molecule has 1 aliphatic rings. The van der Waals surface area contributed by atoms with Crippen molar-refractivity contribution in [2.75, 3.05) is 11.4 Å². The summed E-state index contributed by atoms with van der Waals surface area (Å²) < 4.78 is 11.3. The van der Waals surface area contributed by atoms with Crippen molar-refractivity contribution in [3.63, 3.8) is 0 Å². The van der Waals surface area contributed by atoms with E-state index in [2.05, 4.69) is 9.97 Å². The second kappa shape index (κ2) is 6.16. The number of ether oxygens (including phenoxy) is 1. The van der Waals surface area contributed by atoms with Crippen LogP contribution in [0.5, 0.6) is 5.75 Å². The lowest BCUT2D eigenvalue weighted by atomic mass is 10.1. The molecule has 6 nitrogen and oxygen atoms in total. The average molecular weight is 321 g/mol. The first-order chi connectivity index (χ1) is 11.8. The molecular weight excluding hydrogens is 306 g/mol. The average Bonchev–Trinajstić information content (AvgIpc) is 3.06. The van der Waals surface area contributed by atoms with Gasteiger partial charge in [-0.3, -0.25) is 9.78 Å². The van der Waals surface area contributed by atoms with Gasteiger partial charge in [0.25, 0.3) is 5.91 Å². The molecule has 3 heterocycles. The lowest BCUT2D eigenvalue weighted by molar-refractivity contribution is 0.0948. The lowest BCUT2D eigenvalue weighted by Crippen LogP contribution is -2.37. The zero-order valence-corrected chi connectivity index (χ0v) is 12.9. The van der Waals surface area contributed by atoms with E-state index in [0.717, 1.165) is 11.4 Å². The standard InChI is InChI=1S/C18H15N3O3/c22-18-17-15(8-10-21(18)13-5-4-9-19-11-13)20-16(24-17)12-23-14-6-2-1-3-7-14/h1-7,9,11H,8,10,12H2. The molecule has 120 valence electrons. The third kappa shape index (κ3) is 2.74. The van der Waals surface area contributed by atoms with Crippen molar-refractivity contribution in [2.45, 2.75) is 13.0 Å². The highest BCUT2D eigenvalue weighted by Gasteiger charge is 2.31. The second-order valence-electron chi connectivity index (χ2n) is 5.40. The molecular formula is C18H15N3O3. The smallest absolute Gasteiger partial charge is 0.296 e. The quantitative estimate of drug-likeness (QED) is 0.739. The van der Waals surface area contributed by atoms with Crippen LogP contribution in [-0.4, -0.2) is 22.4 Å². The minimum atomic E-state index is -0.192. The van der Waals surface area contributed by atoms with Crippen LogP contribution >= 0.6 is 0 Å². The van der Waals surface area contributed by atoms with Crippen molar-refractivity contribution in [3.8, 4) is 5.75 Å². The minimum absolute atomic E-state index is 0.192. The third-order valence-corrected chi connectivity index (χ3v) is 3.82. The van der Waals surface area contributed by atoms with E-state index in [-0.39, 0.29) is 18.3 Å². The number of amides is 1. The molecule has 0 atom stereocenters. The Morgan fingerprint density at radius 3 is 2.83 bits per heavy atom. The van der Waals surface area contributed by atoms with Gasteiger partial charge in [-0.25, -0.2) is 4.98 Å². The zero-order chi connectivity index (χ0) is 16.4. The highest BCUT2D eigenvalue weighted by molar-refractivity contribution is 6.05. The summed E-state index contributed by atoms with van der Waals surface area (Å²) in [5, 5.41) is 0. The minimum Gasteiger partial charge on any atom is -0.484 e. The number of fused-ring (bicyclic) bond motifs is 1. The lowest BCUT2D eigenvalue weighted by Gasteiger charge is -2.24. The molecule has 0 bridgehead atoms. The monoisotopic (exact) mass is 321 g/mol. The highest BCUT2D eigenvalue weighted by atomic mass is 16.5. The van der Waals surface area contributed by atoms with Gasteiger partial charge in [0.05, 0.1) is 17.6 Å². The van der Waals surface area contributed by atoms with Gasteiger partial charge in [0.15, 0.2) is 6.61 Å². The molecule has 6 heteroatoms. The van der Waals surface area contributed by atoms with E-state index in [1.165, 1.54) is 0 Å². The first-order valence-electron chi connectivity index (χ1n) is 7.69. The molecule has 0 aliphatic carbocycles. The van der Waals surface area contributed by atoms with Gasteiger partial charge < -0.3 is 14.1 Å². The predicted molar refractivity (Wildman–Crippen MR) is 86.9 cm³/mol. The number of anilines is 1. The number of rotatable bonds is 4. The van der Waals surface area contributed by atoms with Crippen LogP contribution in [0, 0.1) is 0 Å². The van der Waals surface area contributed by atoms with Gasteiger partial charge in [0.1, 0.15) is 5.75 Å². The summed E-state index contributed by atoms with van der Waals surface area (Å²) in [4.78, 5) is 22.7. The van der Waals surface area contributed by atoms with Gasteiger partial charge >= 0.3 is 0 Å². The number of oxazole rings is 1. The fourth-order valence-corrected chi connectivity index (χ4v) is 2.66. The molecule has 2 aromatic heterocycles. The maximum absolute atomic E-state index is 12.6. The summed E-state index contributed by atoms with van der Waals surface area (Å²) in [5.74, 6) is 1.24. The van der Waals surface area contributed by atoms with Crippen LogP contribution in [0.1, 0.15) is 22.1 Å². The maximum Gasteiger partial charge on any atom is 0.296 e. The Morgan fingerprint density at radius 2 is 2.04 bits per heavy atom. The van der Waals surface area contributed by atoms with Crippen molar-refractivity contribution in [2.24, 2.45) is 0 Å². The molecule has 0 N–H and O–H groups in total. The van der Waals surface area contributed by atoms with E-state index in [1.54, 1.807) is 23.4 Å².